The molecule has 3 aromatic rings. The number of carbonyl (C=O) groups excluding carboxylic acids is 1. The van der Waals surface area contributed by atoms with Gasteiger partial charge >= 0.3 is 0 Å². The van der Waals surface area contributed by atoms with Crippen molar-refractivity contribution >= 4 is 29.5 Å². The van der Waals surface area contributed by atoms with E-state index in [-0.39, 0.29) is 5.91 Å². The molecule has 2 aliphatic rings. The molecule has 4 heterocycles. The highest BCUT2D eigenvalue weighted by atomic mass is 35.5. The second kappa shape index (κ2) is 11.8. The Morgan fingerprint density at radius 2 is 1.89 bits per heavy atom. The zero-order valence-corrected chi connectivity index (χ0v) is 21.6. The second-order valence-corrected chi connectivity index (χ2v) is 9.53. The van der Waals surface area contributed by atoms with Gasteiger partial charge in [-0.3, -0.25) is 9.69 Å². The average molecular weight is 524 g/mol. The fraction of sp³-hybridized carbons (Fsp3) is 0.440. The number of nitrogens with zero attached hydrogens (tertiary/aromatic N) is 9. The quantitative estimate of drug-likeness (QED) is 0.427. The molecule has 2 fully saturated rings. The van der Waals surface area contributed by atoms with Crippen LogP contribution >= 0.6 is 11.6 Å². The summed E-state index contributed by atoms with van der Waals surface area (Å²) in [6, 6.07) is 7.53. The number of piperazine rings is 1. The number of hydrogen-bond acceptors (Lipinski definition) is 9. The zero-order chi connectivity index (χ0) is 25.6. The number of benzene rings is 1. The number of morpholine rings is 1. The topological polar surface area (TPSA) is 105 Å². The van der Waals surface area contributed by atoms with E-state index in [9.17, 15) is 4.79 Å². The van der Waals surface area contributed by atoms with E-state index in [4.69, 9.17) is 21.3 Å². The van der Waals surface area contributed by atoms with Gasteiger partial charge in [0.25, 0.3) is 0 Å². The molecule has 2 aliphatic heterocycles. The fourth-order valence-electron chi connectivity index (χ4n) is 4.43. The summed E-state index contributed by atoms with van der Waals surface area (Å²) < 4.78 is 5.42. The van der Waals surface area contributed by atoms with Crippen LogP contribution in [0.15, 0.2) is 36.5 Å². The third kappa shape index (κ3) is 6.68. The monoisotopic (exact) mass is 523 g/mol. The summed E-state index contributed by atoms with van der Waals surface area (Å²) in [6.45, 7) is 8.90. The van der Waals surface area contributed by atoms with Gasteiger partial charge in [-0.25, -0.2) is 9.97 Å². The van der Waals surface area contributed by atoms with E-state index in [1.807, 2.05) is 41.4 Å². The standard InChI is InChI=1S/C25H30ClN9O2/c1-19-29-31-35(30-19)17-21-16-22(26)4-2-20(21)3-5-24(36)33-10-8-32(9-11-33)18-23-6-7-27-25(28-23)34-12-14-37-15-13-34/h2-7,16H,8-15,17-18H2,1H3. The van der Waals surface area contributed by atoms with Crippen molar-refractivity contribution in [2.24, 2.45) is 0 Å². The Balaban J connectivity index is 1.15. The Kier molecular flexibility index (Phi) is 8.02. The second-order valence-electron chi connectivity index (χ2n) is 9.09. The molecule has 1 amide bonds. The minimum atomic E-state index is -0.00749. The molecule has 0 saturated carbocycles. The summed E-state index contributed by atoms with van der Waals surface area (Å²) in [6.07, 6.45) is 5.28. The van der Waals surface area contributed by atoms with Crippen molar-refractivity contribution in [3.05, 3.63) is 64.2 Å². The molecule has 0 unspecified atom stereocenters. The number of hydrogen-bond donors (Lipinski definition) is 0. The van der Waals surface area contributed by atoms with Crippen molar-refractivity contribution in [2.45, 2.75) is 20.0 Å². The van der Waals surface area contributed by atoms with Crippen LogP contribution in [0.4, 0.5) is 5.95 Å². The molecule has 194 valence electrons. The van der Waals surface area contributed by atoms with Gasteiger partial charge in [0.2, 0.25) is 11.9 Å². The molecule has 0 spiro atoms. The van der Waals surface area contributed by atoms with Gasteiger partial charge in [-0.2, -0.15) is 4.80 Å². The van der Waals surface area contributed by atoms with Crippen molar-refractivity contribution in [1.29, 1.82) is 0 Å². The molecule has 0 aliphatic carbocycles. The first-order valence-electron chi connectivity index (χ1n) is 12.4. The molecule has 1 aromatic carbocycles. The summed E-state index contributed by atoms with van der Waals surface area (Å²) >= 11 is 6.21. The van der Waals surface area contributed by atoms with E-state index < -0.39 is 0 Å². The van der Waals surface area contributed by atoms with E-state index in [1.54, 1.807) is 13.0 Å². The van der Waals surface area contributed by atoms with Crippen molar-refractivity contribution in [2.75, 3.05) is 57.4 Å². The zero-order valence-electron chi connectivity index (χ0n) is 20.8. The molecular weight excluding hydrogens is 494 g/mol. The Bertz CT molecular complexity index is 1250. The first-order chi connectivity index (χ1) is 18.0. The number of anilines is 1. The predicted octanol–water partition coefficient (Wildman–Crippen LogP) is 1.67. The molecule has 0 atom stereocenters. The molecule has 2 saturated heterocycles. The Hall–Kier alpha value is -3.41. The van der Waals surface area contributed by atoms with Gasteiger partial charge < -0.3 is 14.5 Å². The van der Waals surface area contributed by atoms with Crippen LogP contribution in [-0.2, 0) is 22.6 Å². The summed E-state index contributed by atoms with van der Waals surface area (Å²) in [5, 5.41) is 12.8. The minimum absolute atomic E-state index is 0.00749. The van der Waals surface area contributed by atoms with Gasteiger partial charge in [0.05, 0.1) is 25.5 Å². The van der Waals surface area contributed by atoms with Crippen LogP contribution in [0.2, 0.25) is 5.02 Å². The largest absolute Gasteiger partial charge is 0.378 e. The van der Waals surface area contributed by atoms with Crippen molar-refractivity contribution in [3.63, 3.8) is 0 Å². The maximum atomic E-state index is 12.9. The van der Waals surface area contributed by atoms with E-state index in [2.05, 4.69) is 30.2 Å². The van der Waals surface area contributed by atoms with Crippen molar-refractivity contribution in [3.8, 4) is 0 Å². The molecule has 5 rings (SSSR count). The number of rotatable bonds is 7. The van der Waals surface area contributed by atoms with Gasteiger partial charge in [0, 0.05) is 63.1 Å². The highest BCUT2D eigenvalue weighted by Crippen LogP contribution is 2.19. The van der Waals surface area contributed by atoms with Gasteiger partial charge in [0.15, 0.2) is 5.82 Å². The fourth-order valence-corrected chi connectivity index (χ4v) is 4.62. The maximum Gasteiger partial charge on any atom is 0.246 e. The molecule has 37 heavy (non-hydrogen) atoms. The van der Waals surface area contributed by atoms with Crippen LogP contribution in [0.5, 0.6) is 0 Å². The third-order valence-corrected chi connectivity index (χ3v) is 6.67. The summed E-state index contributed by atoms with van der Waals surface area (Å²) in [5.74, 6) is 1.36. The van der Waals surface area contributed by atoms with Crippen LogP contribution in [0.3, 0.4) is 0 Å². The lowest BCUT2D eigenvalue weighted by Crippen LogP contribution is -2.47. The number of aromatic nitrogens is 6. The van der Waals surface area contributed by atoms with Crippen LogP contribution in [0.25, 0.3) is 6.08 Å². The lowest BCUT2D eigenvalue weighted by molar-refractivity contribution is -0.127. The molecule has 12 heteroatoms. The SMILES string of the molecule is Cc1nnn(Cc2cc(Cl)ccc2C=CC(=O)N2CCN(Cc3ccnc(N4CCOCC4)n3)CC2)n1. The van der Waals surface area contributed by atoms with Gasteiger partial charge in [-0.05, 0) is 47.5 Å². The number of aryl methyl sites for hydroxylation is 1. The Labute approximate surface area is 220 Å². The maximum absolute atomic E-state index is 12.9. The molecule has 0 bridgehead atoms. The third-order valence-electron chi connectivity index (χ3n) is 6.44. The van der Waals surface area contributed by atoms with E-state index in [0.29, 0.717) is 43.7 Å². The van der Waals surface area contributed by atoms with Crippen LogP contribution < -0.4 is 4.90 Å². The predicted molar refractivity (Wildman–Crippen MR) is 139 cm³/mol. The van der Waals surface area contributed by atoms with Gasteiger partial charge in [-0.15, -0.1) is 10.2 Å². The number of ether oxygens (including phenoxy) is 1. The lowest BCUT2D eigenvalue weighted by Gasteiger charge is -2.34. The average Bonchev–Trinajstić information content (AvgIpc) is 3.33. The number of amides is 1. The van der Waals surface area contributed by atoms with E-state index >= 15 is 0 Å². The number of tetrazole rings is 1. The summed E-state index contributed by atoms with van der Waals surface area (Å²) in [7, 11) is 0. The Morgan fingerprint density at radius 3 is 2.65 bits per heavy atom. The molecule has 0 radical (unpaired) electrons. The van der Waals surface area contributed by atoms with E-state index in [0.717, 1.165) is 55.5 Å². The molecular formula is C25H30ClN9O2. The minimum Gasteiger partial charge on any atom is -0.378 e. The summed E-state index contributed by atoms with van der Waals surface area (Å²) in [5.41, 5.74) is 2.80. The number of carbonyl (C=O) groups is 1. The Morgan fingerprint density at radius 1 is 1.08 bits per heavy atom. The van der Waals surface area contributed by atoms with Crippen LogP contribution in [-0.4, -0.2) is 98.4 Å². The smallest absolute Gasteiger partial charge is 0.246 e. The van der Waals surface area contributed by atoms with Crippen molar-refractivity contribution < 1.29 is 9.53 Å². The van der Waals surface area contributed by atoms with E-state index in [1.165, 1.54) is 4.80 Å². The number of halogens is 1. The first-order valence-corrected chi connectivity index (χ1v) is 12.8. The molecule has 2 aromatic heterocycles. The van der Waals surface area contributed by atoms with Crippen LogP contribution in [0, 0.1) is 6.92 Å². The highest BCUT2D eigenvalue weighted by Gasteiger charge is 2.21. The normalized spacial score (nSPS) is 17.0. The molecule has 11 nitrogen and oxygen atoms in total. The lowest BCUT2D eigenvalue weighted by atomic mass is 10.1. The van der Waals surface area contributed by atoms with Crippen LogP contribution in [0.1, 0.15) is 22.6 Å². The first kappa shape index (κ1) is 25.2. The van der Waals surface area contributed by atoms with Crippen molar-refractivity contribution in [1.82, 2.24) is 40.0 Å². The summed E-state index contributed by atoms with van der Waals surface area (Å²) in [4.78, 5) is 30.0. The van der Waals surface area contributed by atoms with Gasteiger partial charge in [0.1, 0.15) is 0 Å². The van der Waals surface area contributed by atoms with Gasteiger partial charge in [-0.1, -0.05) is 17.7 Å². The molecule has 0 N–H and O–H groups in total. The highest BCUT2D eigenvalue weighted by molar-refractivity contribution is 6.30.